The highest BCUT2D eigenvalue weighted by Crippen LogP contribution is 2.05. The summed E-state index contributed by atoms with van der Waals surface area (Å²) in [5.41, 5.74) is 0.510. The number of aliphatic carboxylic acids is 1. The van der Waals surface area contributed by atoms with Gasteiger partial charge in [-0.3, -0.25) is 14.4 Å². The molecule has 5 heteroatoms. The van der Waals surface area contributed by atoms with Gasteiger partial charge in [-0.2, -0.15) is 0 Å². The van der Waals surface area contributed by atoms with E-state index in [0.29, 0.717) is 5.69 Å². The quantitative estimate of drug-likeness (QED) is 0.728. The van der Waals surface area contributed by atoms with Crippen LogP contribution in [0.1, 0.15) is 12.8 Å². The molecule has 84 valence electrons. The zero-order chi connectivity index (χ0) is 12.0. The predicted molar refractivity (Wildman–Crippen MR) is 56.9 cm³/mol. The zero-order valence-electron chi connectivity index (χ0n) is 8.47. The largest absolute Gasteiger partial charge is 0.481 e. The summed E-state index contributed by atoms with van der Waals surface area (Å²) in [5, 5.41) is 10.7. The van der Waals surface area contributed by atoms with Gasteiger partial charge in [0.15, 0.2) is 0 Å². The fourth-order valence-electron chi connectivity index (χ4n) is 1.06. The van der Waals surface area contributed by atoms with Crippen molar-refractivity contribution >= 4 is 23.3 Å². The van der Waals surface area contributed by atoms with E-state index in [1.54, 1.807) is 30.3 Å². The molecule has 0 atom stereocenters. The highest BCUT2D eigenvalue weighted by atomic mass is 16.4. The van der Waals surface area contributed by atoms with E-state index >= 15 is 0 Å². The third kappa shape index (κ3) is 3.91. The zero-order valence-corrected chi connectivity index (χ0v) is 8.47. The monoisotopic (exact) mass is 221 g/mol. The molecule has 16 heavy (non-hydrogen) atoms. The second-order valence-electron chi connectivity index (χ2n) is 3.14. The van der Waals surface area contributed by atoms with Crippen LogP contribution in [-0.2, 0) is 14.4 Å². The topological polar surface area (TPSA) is 83.5 Å². The number of carboxylic acids is 1. The second-order valence-corrected chi connectivity index (χ2v) is 3.14. The number of hydrogen-bond acceptors (Lipinski definition) is 3. The van der Waals surface area contributed by atoms with Crippen LogP contribution in [0.2, 0.25) is 0 Å². The molecule has 0 aliphatic heterocycles. The Balaban J connectivity index is 2.46. The maximum atomic E-state index is 11.3. The van der Waals surface area contributed by atoms with E-state index in [-0.39, 0.29) is 12.8 Å². The highest BCUT2D eigenvalue weighted by molar-refractivity contribution is 6.40. The molecule has 0 fully saturated rings. The molecule has 5 nitrogen and oxygen atoms in total. The Bertz CT molecular complexity index is 400. The summed E-state index contributed by atoms with van der Waals surface area (Å²) in [5.74, 6) is -2.61. The lowest BCUT2D eigenvalue weighted by molar-refractivity contribution is -0.140. The minimum absolute atomic E-state index is 0.284. The maximum Gasteiger partial charge on any atom is 0.303 e. The highest BCUT2D eigenvalue weighted by Gasteiger charge is 2.14. The lowest BCUT2D eigenvalue weighted by Crippen LogP contribution is -2.23. The average Bonchev–Trinajstić information content (AvgIpc) is 2.27. The van der Waals surface area contributed by atoms with Crippen molar-refractivity contribution in [2.45, 2.75) is 12.8 Å². The van der Waals surface area contributed by atoms with Crippen molar-refractivity contribution in [1.29, 1.82) is 0 Å². The fraction of sp³-hybridized carbons (Fsp3) is 0.182. The van der Waals surface area contributed by atoms with Crippen LogP contribution in [-0.4, -0.2) is 22.8 Å². The van der Waals surface area contributed by atoms with Gasteiger partial charge in [-0.25, -0.2) is 0 Å². The first-order chi connectivity index (χ1) is 7.59. The normalized spacial score (nSPS) is 9.50. The second kappa shape index (κ2) is 5.65. The van der Waals surface area contributed by atoms with Gasteiger partial charge in [-0.1, -0.05) is 18.2 Å². The summed E-state index contributed by atoms with van der Waals surface area (Å²) in [6.07, 6.45) is -0.616. The average molecular weight is 221 g/mol. The van der Waals surface area contributed by atoms with Crippen molar-refractivity contribution < 1.29 is 19.5 Å². The minimum Gasteiger partial charge on any atom is -0.481 e. The first-order valence-electron chi connectivity index (χ1n) is 4.70. The molecule has 2 N–H and O–H groups in total. The molecule has 0 spiro atoms. The standard InChI is InChI=1S/C11H11NO4/c13-9(6-7-10(14)15)11(16)12-8-4-2-1-3-5-8/h1-5H,6-7H2,(H,12,16)(H,14,15). The number of carbonyl (C=O) groups excluding carboxylic acids is 2. The van der Waals surface area contributed by atoms with Crippen LogP contribution in [0, 0.1) is 0 Å². The Morgan fingerprint density at radius 1 is 1.06 bits per heavy atom. The molecule has 0 saturated heterocycles. The number of hydrogen-bond donors (Lipinski definition) is 2. The van der Waals surface area contributed by atoms with Crippen LogP contribution in [0.15, 0.2) is 30.3 Å². The summed E-state index contributed by atoms with van der Waals surface area (Å²) in [6, 6.07) is 8.50. The van der Waals surface area contributed by atoms with Crippen LogP contribution < -0.4 is 5.32 Å². The van der Waals surface area contributed by atoms with Crippen LogP contribution >= 0.6 is 0 Å². The molecule has 0 aliphatic carbocycles. The van der Waals surface area contributed by atoms with Gasteiger partial charge in [0.1, 0.15) is 0 Å². The first kappa shape index (κ1) is 11.9. The molecule has 1 rings (SSSR count). The fourth-order valence-corrected chi connectivity index (χ4v) is 1.06. The number of benzene rings is 1. The molecule has 1 amide bonds. The van der Waals surface area contributed by atoms with Crippen LogP contribution in [0.5, 0.6) is 0 Å². The number of nitrogens with one attached hydrogen (secondary N) is 1. The Morgan fingerprint density at radius 2 is 1.69 bits per heavy atom. The van der Waals surface area contributed by atoms with E-state index in [4.69, 9.17) is 5.11 Å². The minimum atomic E-state index is -1.10. The van der Waals surface area contributed by atoms with E-state index in [9.17, 15) is 14.4 Å². The van der Waals surface area contributed by atoms with Gasteiger partial charge in [0.25, 0.3) is 5.91 Å². The molecule has 0 unspecified atom stereocenters. The third-order valence-corrected chi connectivity index (χ3v) is 1.85. The van der Waals surface area contributed by atoms with Crippen molar-refractivity contribution in [3.8, 4) is 0 Å². The summed E-state index contributed by atoms with van der Waals surface area (Å²) >= 11 is 0. The van der Waals surface area contributed by atoms with Crippen molar-refractivity contribution in [1.82, 2.24) is 0 Å². The summed E-state index contributed by atoms with van der Waals surface area (Å²) in [4.78, 5) is 32.6. The molecular formula is C11H11NO4. The van der Waals surface area contributed by atoms with Gasteiger partial charge in [0.05, 0.1) is 6.42 Å². The Morgan fingerprint density at radius 3 is 2.25 bits per heavy atom. The summed E-state index contributed by atoms with van der Waals surface area (Å²) in [7, 11) is 0. The van der Waals surface area contributed by atoms with Gasteiger partial charge in [0.2, 0.25) is 5.78 Å². The molecule has 0 aromatic heterocycles. The number of Topliss-reactive ketones (excluding diaryl/α,β-unsaturated/α-hetero) is 1. The van der Waals surface area contributed by atoms with Crippen molar-refractivity contribution in [3.63, 3.8) is 0 Å². The van der Waals surface area contributed by atoms with Crippen molar-refractivity contribution in [2.75, 3.05) is 5.32 Å². The van der Waals surface area contributed by atoms with E-state index in [1.807, 2.05) is 0 Å². The number of anilines is 1. The molecule has 0 heterocycles. The summed E-state index contributed by atoms with van der Waals surface area (Å²) < 4.78 is 0. The molecule has 1 aromatic carbocycles. The molecule has 0 aliphatic rings. The Hall–Kier alpha value is -2.17. The number of rotatable bonds is 5. The molecule has 0 saturated carbocycles. The van der Waals surface area contributed by atoms with Gasteiger partial charge in [-0.15, -0.1) is 0 Å². The molecule has 0 bridgehead atoms. The number of para-hydroxylation sites is 1. The number of ketones is 1. The SMILES string of the molecule is O=C(O)CCC(=O)C(=O)Nc1ccccc1. The first-order valence-corrected chi connectivity index (χ1v) is 4.70. The lowest BCUT2D eigenvalue weighted by Gasteiger charge is -2.02. The Kier molecular flexibility index (Phi) is 4.20. The van der Waals surface area contributed by atoms with Crippen LogP contribution in [0.4, 0.5) is 5.69 Å². The van der Waals surface area contributed by atoms with Gasteiger partial charge >= 0.3 is 5.97 Å². The van der Waals surface area contributed by atoms with E-state index < -0.39 is 17.7 Å². The van der Waals surface area contributed by atoms with E-state index in [0.717, 1.165) is 0 Å². The van der Waals surface area contributed by atoms with Crippen molar-refractivity contribution in [3.05, 3.63) is 30.3 Å². The van der Waals surface area contributed by atoms with E-state index in [2.05, 4.69) is 5.32 Å². The number of carboxylic acid groups (broad SMARTS) is 1. The summed E-state index contributed by atoms with van der Waals surface area (Å²) in [6.45, 7) is 0. The van der Waals surface area contributed by atoms with Crippen molar-refractivity contribution in [2.24, 2.45) is 0 Å². The number of carbonyl (C=O) groups is 3. The van der Waals surface area contributed by atoms with Crippen LogP contribution in [0.3, 0.4) is 0 Å². The number of amides is 1. The van der Waals surface area contributed by atoms with Gasteiger partial charge in [0, 0.05) is 12.1 Å². The van der Waals surface area contributed by atoms with Gasteiger partial charge in [-0.05, 0) is 12.1 Å². The maximum absolute atomic E-state index is 11.3. The van der Waals surface area contributed by atoms with E-state index in [1.165, 1.54) is 0 Å². The van der Waals surface area contributed by atoms with Gasteiger partial charge < -0.3 is 10.4 Å². The predicted octanol–water partition coefficient (Wildman–Crippen LogP) is 1.06. The molecule has 1 aromatic rings. The molecular weight excluding hydrogens is 210 g/mol. The van der Waals surface area contributed by atoms with Crippen LogP contribution in [0.25, 0.3) is 0 Å². The Labute approximate surface area is 92.1 Å². The third-order valence-electron chi connectivity index (χ3n) is 1.85. The molecule has 0 radical (unpaired) electrons. The lowest BCUT2D eigenvalue weighted by atomic mass is 10.2. The smallest absolute Gasteiger partial charge is 0.303 e.